The minimum atomic E-state index is -3.62. The predicted molar refractivity (Wildman–Crippen MR) is 71.5 cm³/mol. The summed E-state index contributed by atoms with van der Waals surface area (Å²) in [6, 6.07) is 2.93. The molecule has 1 saturated carbocycles. The summed E-state index contributed by atoms with van der Waals surface area (Å²) in [5.41, 5.74) is 5.64. The maximum atomic E-state index is 12.1. The molecule has 1 aromatic carbocycles. The molecule has 7 heteroatoms. The zero-order valence-corrected chi connectivity index (χ0v) is 12.3. The van der Waals surface area contributed by atoms with Gasteiger partial charge in [0.15, 0.2) is 0 Å². The zero-order valence-electron chi connectivity index (χ0n) is 9.13. The van der Waals surface area contributed by atoms with E-state index in [0.29, 0.717) is 10.2 Å². The molecule has 4 nitrogen and oxygen atoms in total. The molecule has 1 aliphatic rings. The van der Waals surface area contributed by atoms with Gasteiger partial charge < -0.3 is 5.73 Å². The molecule has 0 amide bonds. The van der Waals surface area contributed by atoms with Crippen LogP contribution in [0.15, 0.2) is 21.5 Å². The Morgan fingerprint density at radius 3 is 2.59 bits per heavy atom. The van der Waals surface area contributed by atoms with E-state index < -0.39 is 10.0 Å². The van der Waals surface area contributed by atoms with Gasteiger partial charge in [-0.05, 0) is 47.8 Å². The van der Waals surface area contributed by atoms with Crippen molar-refractivity contribution in [2.24, 2.45) is 0 Å². The molecule has 0 atom stereocenters. The average Bonchev–Trinajstić information content (AvgIpc) is 2.88. The minimum absolute atomic E-state index is 0.0131. The normalized spacial score (nSPS) is 18.1. The number of rotatable bonds is 3. The van der Waals surface area contributed by atoms with Gasteiger partial charge in [-0.1, -0.05) is 11.6 Å². The van der Waals surface area contributed by atoms with Crippen LogP contribution in [0.1, 0.15) is 19.8 Å². The average molecular weight is 340 g/mol. The zero-order chi connectivity index (χ0) is 12.8. The maximum absolute atomic E-state index is 12.1. The van der Waals surface area contributed by atoms with Crippen LogP contribution in [0.3, 0.4) is 0 Å². The second-order valence-corrected chi connectivity index (χ2v) is 7.36. The van der Waals surface area contributed by atoms with Gasteiger partial charge in [-0.2, -0.15) is 0 Å². The molecular formula is C10H12BrClN2O2S. The van der Waals surface area contributed by atoms with Crippen LogP contribution in [0.5, 0.6) is 0 Å². The quantitative estimate of drug-likeness (QED) is 0.831. The van der Waals surface area contributed by atoms with E-state index >= 15 is 0 Å². The number of nitrogens with two attached hydrogens (primary N) is 1. The second kappa shape index (κ2) is 4.12. The van der Waals surface area contributed by atoms with Gasteiger partial charge in [0, 0.05) is 15.7 Å². The van der Waals surface area contributed by atoms with Gasteiger partial charge in [0.05, 0.1) is 5.02 Å². The summed E-state index contributed by atoms with van der Waals surface area (Å²) in [5.74, 6) is 0. The Labute approximate surface area is 114 Å². The highest BCUT2D eigenvalue weighted by atomic mass is 79.9. The summed E-state index contributed by atoms with van der Waals surface area (Å²) in [6.07, 6.45) is 1.68. The van der Waals surface area contributed by atoms with Crippen LogP contribution in [-0.2, 0) is 10.0 Å². The molecule has 2 rings (SSSR count). The summed E-state index contributed by atoms with van der Waals surface area (Å²) < 4.78 is 27.4. The summed E-state index contributed by atoms with van der Waals surface area (Å²) in [6.45, 7) is 1.86. The van der Waals surface area contributed by atoms with Crippen molar-refractivity contribution in [3.8, 4) is 0 Å². The Morgan fingerprint density at radius 2 is 2.06 bits per heavy atom. The van der Waals surface area contributed by atoms with Crippen molar-refractivity contribution in [1.29, 1.82) is 0 Å². The predicted octanol–water partition coefficient (Wildman–Crippen LogP) is 2.52. The van der Waals surface area contributed by atoms with E-state index in [9.17, 15) is 8.42 Å². The molecule has 94 valence electrons. The van der Waals surface area contributed by atoms with Crippen LogP contribution in [0.2, 0.25) is 5.02 Å². The van der Waals surface area contributed by atoms with Gasteiger partial charge in [-0.3, -0.25) is 0 Å². The third-order valence-electron chi connectivity index (χ3n) is 2.69. The molecule has 3 N–H and O–H groups in total. The van der Waals surface area contributed by atoms with E-state index in [-0.39, 0.29) is 15.5 Å². The van der Waals surface area contributed by atoms with E-state index in [2.05, 4.69) is 20.7 Å². The highest BCUT2D eigenvalue weighted by Gasteiger charge is 2.41. The number of nitrogen functional groups attached to an aromatic ring is 1. The molecule has 1 aliphatic carbocycles. The van der Waals surface area contributed by atoms with Crippen molar-refractivity contribution in [2.75, 3.05) is 5.73 Å². The molecule has 0 heterocycles. The van der Waals surface area contributed by atoms with E-state index in [1.54, 1.807) is 6.07 Å². The lowest BCUT2D eigenvalue weighted by Crippen LogP contribution is -2.34. The van der Waals surface area contributed by atoms with E-state index in [1.165, 1.54) is 6.07 Å². The van der Waals surface area contributed by atoms with Crippen LogP contribution in [-0.4, -0.2) is 14.0 Å². The summed E-state index contributed by atoms with van der Waals surface area (Å²) in [7, 11) is -3.62. The fourth-order valence-electron chi connectivity index (χ4n) is 1.45. The van der Waals surface area contributed by atoms with Crippen LogP contribution >= 0.6 is 27.5 Å². The molecule has 0 aliphatic heterocycles. The van der Waals surface area contributed by atoms with Crippen molar-refractivity contribution in [3.05, 3.63) is 21.6 Å². The van der Waals surface area contributed by atoms with Gasteiger partial charge in [0.1, 0.15) is 4.90 Å². The third kappa shape index (κ3) is 2.76. The first kappa shape index (κ1) is 13.1. The first-order valence-electron chi connectivity index (χ1n) is 5.02. The molecule has 0 bridgehead atoms. The van der Waals surface area contributed by atoms with Gasteiger partial charge >= 0.3 is 0 Å². The van der Waals surface area contributed by atoms with Gasteiger partial charge in [0.25, 0.3) is 0 Å². The lowest BCUT2D eigenvalue weighted by molar-refractivity contribution is 0.558. The van der Waals surface area contributed by atoms with Crippen molar-refractivity contribution in [1.82, 2.24) is 4.72 Å². The summed E-state index contributed by atoms with van der Waals surface area (Å²) in [5, 5.41) is 0.149. The molecule has 0 unspecified atom stereocenters. The van der Waals surface area contributed by atoms with Crippen LogP contribution in [0.4, 0.5) is 5.69 Å². The Morgan fingerprint density at radius 1 is 1.47 bits per heavy atom. The van der Waals surface area contributed by atoms with Gasteiger partial charge in [-0.15, -0.1) is 0 Å². The number of halogens is 2. The van der Waals surface area contributed by atoms with Gasteiger partial charge in [0.2, 0.25) is 10.0 Å². The van der Waals surface area contributed by atoms with E-state index in [4.69, 9.17) is 17.3 Å². The van der Waals surface area contributed by atoms with Crippen LogP contribution in [0, 0.1) is 0 Å². The number of hydrogen-bond acceptors (Lipinski definition) is 3. The lowest BCUT2D eigenvalue weighted by Gasteiger charge is -2.14. The smallest absolute Gasteiger partial charge is 0.242 e. The monoisotopic (exact) mass is 338 g/mol. The standard InChI is InChI=1S/C10H12BrClN2O2S/c1-10(2-3-10)14-17(15,16)8-5-6(13)4-7(11)9(8)12/h4-5,14H,2-3,13H2,1H3. The van der Waals surface area contributed by atoms with E-state index in [0.717, 1.165) is 12.8 Å². The lowest BCUT2D eigenvalue weighted by atomic mass is 10.3. The number of anilines is 1. The second-order valence-electron chi connectivity index (χ2n) is 4.48. The fraction of sp³-hybridized carbons (Fsp3) is 0.400. The van der Waals surface area contributed by atoms with Crippen molar-refractivity contribution in [2.45, 2.75) is 30.2 Å². The molecular weight excluding hydrogens is 328 g/mol. The Hall–Kier alpha value is -0.300. The van der Waals surface area contributed by atoms with Crippen molar-refractivity contribution in [3.63, 3.8) is 0 Å². The minimum Gasteiger partial charge on any atom is -0.399 e. The Balaban J connectivity index is 2.45. The van der Waals surface area contributed by atoms with Crippen molar-refractivity contribution < 1.29 is 8.42 Å². The highest BCUT2D eigenvalue weighted by molar-refractivity contribution is 9.10. The SMILES string of the molecule is CC1(NS(=O)(=O)c2cc(N)cc(Br)c2Cl)CC1. The Bertz CT molecular complexity index is 570. The summed E-state index contributed by atoms with van der Waals surface area (Å²) >= 11 is 9.16. The largest absolute Gasteiger partial charge is 0.399 e. The number of hydrogen-bond donors (Lipinski definition) is 2. The van der Waals surface area contributed by atoms with Gasteiger partial charge in [-0.25, -0.2) is 13.1 Å². The topological polar surface area (TPSA) is 72.2 Å². The first-order chi connectivity index (χ1) is 7.73. The molecule has 0 spiro atoms. The highest BCUT2D eigenvalue weighted by Crippen LogP contribution is 2.38. The van der Waals surface area contributed by atoms with Crippen molar-refractivity contribution >= 4 is 43.2 Å². The fourth-order valence-corrected chi connectivity index (χ4v) is 4.07. The van der Waals surface area contributed by atoms with Crippen LogP contribution in [0.25, 0.3) is 0 Å². The molecule has 0 aromatic heterocycles. The number of nitrogens with one attached hydrogen (secondary N) is 1. The molecule has 1 aromatic rings. The molecule has 0 saturated heterocycles. The third-order valence-corrected chi connectivity index (χ3v) is 5.72. The maximum Gasteiger partial charge on any atom is 0.242 e. The van der Waals surface area contributed by atoms with E-state index in [1.807, 2.05) is 6.92 Å². The summed E-state index contributed by atoms with van der Waals surface area (Å²) in [4.78, 5) is 0.0131. The molecule has 1 fully saturated rings. The Kier molecular flexibility index (Phi) is 3.18. The number of benzene rings is 1. The van der Waals surface area contributed by atoms with Crippen LogP contribution < -0.4 is 10.5 Å². The first-order valence-corrected chi connectivity index (χ1v) is 7.67. The molecule has 0 radical (unpaired) electrons. The number of sulfonamides is 1. The molecule has 17 heavy (non-hydrogen) atoms.